The zero-order valence-corrected chi connectivity index (χ0v) is 13.1. The van der Waals surface area contributed by atoms with Crippen LogP contribution in [0.25, 0.3) is 0 Å². The lowest BCUT2D eigenvalue weighted by Gasteiger charge is -2.38. The first-order valence-corrected chi connectivity index (χ1v) is 7.90. The molecule has 1 fully saturated rings. The minimum atomic E-state index is -4.36. The third-order valence-electron chi connectivity index (χ3n) is 4.53. The normalized spacial score (nSPS) is 17.5. The van der Waals surface area contributed by atoms with Gasteiger partial charge in [-0.2, -0.15) is 13.2 Å². The number of pyridine rings is 1. The number of alkyl halides is 3. The number of nitrogens with one attached hydrogen (secondary N) is 1. The maximum atomic E-state index is 12.6. The quantitative estimate of drug-likeness (QED) is 0.906. The van der Waals surface area contributed by atoms with Gasteiger partial charge in [-0.05, 0) is 30.5 Å². The van der Waals surface area contributed by atoms with Crippen LogP contribution in [-0.2, 0) is 16.3 Å². The summed E-state index contributed by atoms with van der Waals surface area (Å²) in [5, 5.41) is 3.20. The molecule has 24 heavy (non-hydrogen) atoms. The first-order chi connectivity index (χ1) is 11.5. The highest BCUT2D eigenvalue weighted by Gasteiger charge is 2.34. The largest absolute Gasteiger partial charge is 0.417 e. The molecule has 0 radical (unpaired) electrons. The summed E-state index contributed by atoms with van der Waals surface area (Å²) in [6.45, 7) is 1.97. The molecule has 0 unspecified atom stereocenters. The van der Waals surface area contributed by atoms with Crippen LogP contribution in [0.4, 0.5) is 19.0 Å². The molecule has 0 amide bonds. The second-order valence-electron chi connectivity index (χ2n) is 6.04. The van der Waals surface area contributed by atoms with Gasteiger partial charge < -0.3 is 10.1 Å². The third kappa shape index (κ3) is 3.70. The lowest BCUT2D eigenvalue weighted by molar-refractivity contribution is -0.137. The number of halogens is 3. The van der Waals surface area contributed by atoms with Crippen molar-refractivity contribution in [3.05, 3.63) is 59.8 Å². The Balaban J connectivity index is 1.75. The van der Waals surface area contributed by atoms with E-state index in [4.69, 9.17) is 4.74 Å². The van der Waals surface area contributed by atoms with Gasteiger partial charge in [-0.3, -0.25) is 0 Å². The molecule has 1 aliphatic rings. The van der Waals surface area contributed by atoms with Crippen molar-refractivity contribution < 1.29 is 17.9 Å². The van der Waals surface area contributed by atoms with E-state index in [0.717, 1.165) is 25.1 Å². The molecule has 1 aromatic carbocycles. The Morgan fingerprint density at radius 2 is 1.75 bits per heavy atom. The van der Waals surface area contributed by atoms with E-state index < -0.39 is 11.7 Å². The Bertz CT molecular complexity index is 650. The Labute approximate surface area is 138 Å². The number of ether oxygens (including phenoxy) is 1. The van der Waals surface area contributed by atoms with Crippen molar-refractivity contribution in [1.29, 1.82) is 0 Å². The number of rotatable bonds is 4. The van der Waals surface area contributed by atoms with Crippen LogP contribution in [0.3, 0.4) is 0 Å². The van der Waals surface area contributed by atoms with Gasteiger partial charge in [0.1, 0.15) is 5.82 Å². The molecule has 1 aromatic heterocycles. The van der Waals surface area contributed by atoms with Crippen molar-refractivity contribution in [1.82, 2.24) is 4.98 Å². The third-order valence-corrected chi connectivity index (χ3v) is 4.53. The molecule has 0 saturated carbocycles. The van der Waals surface area contributed by atoms with E-state index in [1.165, 1.54) is 11.6 Å². The summed E-state index contributed by atoms with van der Waals surface area (Å²) in [5.41, 5.74) is 0.383. The molecular formula is C18H19F3N2O. The first kappa shape index (κ1) is 16.8. The number of hydrogen-bond acceptors (Lipinski definition) is 3. The molecule has 0 atom stereocenters. The maximum absolute atomic E-state index is 12.6. The Morgan fingerprint density at radius 3 is 2.33 bits per heavy atom. The average Bonchev–Trinajstić information content (AvgIpc) is 2.61. The number of anilines is 1. The smallest absolute Gasteiger partial charge is 0.381 e. The summed E-state index contributed by atoms with van der Waals surface area (Å²) in [6.07, 6.45) is -1.77. The Kier molecular flexibility index (Phi) is 4.76. The molecule has 2 aromatic rings. The van der Waals surface area contributed by atoms with E-state index in [9.17, 15) is 13.2 Å². The standard InChI is InChI=1S/C18H19F3N2O/c19-18(20,21)15-6-7-16(22-12-15)23-13-17(8-10-24-11-9-17)14-4-2-1-3-5-14/h1-7,12H,8-11,13H2,(H,22,23). The van der Waals surface area contributed by atoms with Crippen LogP contribution in [-0.4, -0.2) is 24.7 Å². The molecular weight excluding hydrogens is 317 g/mol. The van der Waals surface area contributed by atoms with E-state index in [1.807, 2.05) is 18.2 Å². The van der Waals surface area contributed by atoms with Crippen molar-refractivity contribution in [3.63, 3.8) is 0 Å². The van der Waals surface area contributed by atoms with Crippen LogP contribution in [0.2, 0.25) is 0 Å². The maximum Gasteiger partial charge on any atom is 0.417 e. The molecule has 1 N–H and O–H groups in total. The van der Waals surface area contributed by atoms with Gasteiger partial charge in [0.15, 0.2) is 0 Å². The predicted molar refractivity (Wildman–Crippen MR) is 85.9 cm³/mol. The second kappa shape index (κ2) is 6.81. The Hall–Kier alpha value is -2.08. The molecule has 2 heterocycles. The minimum absolute atomic E-state index is 0.0934. The summed E-state index contributed by atoms with van der Waals surface area (Å²) in [5.74, 6) is 0.449. The second-order valence-corrected chi connectivity index (χ2v) is 6.04. The monoisotopic (exact) mass is 336 g/mol. The fourth-order valence-electron chi connectivity index (χ4n) is 3.05. The molecule has 3 nitrogen and oxygen atoms in total. The van der Waals surface area contributed by atoms with Crippen molar-refractivity contribution in [2.45, 2.75) is 24.4 Å². The predicted octanol–water partition coefficient (Wildman–Crippen LogP) is 4.26. The SMILES string of the molecule is FC(F)(F)c1ccc(NCC2(c3ccccc3)CCOCC2)nc1. The zero-order chi connectivity index (χ0) is 17.0. The lowest BCUT2D eigenvalue weighted by Crippen LogP contribution is -2.40. The van der Waals surface area contributed by atoms with Crippen molar-refractivity contribution in [3.8, 4) is 0 Å². The fourth-order valence-corrected chi connectivity index (χ4v) is 3.05. The highest BCUT2D eigenvalue weighted by Crippen LogP contribution is 2.35. The highest BCUT2D eigenvalue weighted by atomic mass is 19.4. The average molecular weight is 336 g/mol. The lowest BCUT2D eigenvalue weighted by atomic mass is 9.74. The Morgan fingerprint density at radius 1 is 1.04 bits per heavy atom. The van der Waals surface area contributed by atoms with E-state index in [2.05, 4.69) is 22.4 Å². The van der Waals surface area contributed by atoms with Gasteiger partial charge in [0.25, 0.3) is 0 Å². The highest BCUT2D eigenvalue weighted by molar-refractivity contribution is 5.38. The fraction of sp³-hybridized carbons (Fsp3) is 0.389. The van der Waals surface area contributed by atoms with Crippen LogP contribution in [0.5, 0.6) is 0 Å². The molecule has 1 saturated heterocycles. The van der Waals surface area contributed by atoms with Crippen LogP contribution < -0.4 is 5.32 Å². The minimum Gasteiger partial charge on any atom is -0.381 e. The zero-order valence-electron chi connectivity index (χ0n) is 13.1. The molecule has 6 heteroatoms. The van der Waals surface area contributed by atoms with E-state index in [-0.39, 0.29) is 5.41 Å². The van der Waals surface area contributed by atoms with Gasteiger partial charge >= 0.3 is 6.18 Å². The first-order valence-electron chi connectivity index (χ1n) is 7.90. The van der Waals surface area contributed by atoms with Gasteiger partial charge in [0.2, 0.25) is 0 Å². The van der Waals surface area contributed by atoms with E-state index >= 15 is 0 Å². The molecule has 3 rings (SSSR count). The van der Waals surface area contributed by atoms with Gasteiger partial charge in [0, 0.05) is 31.4 Å². The van der Waals surface area contributed by atoms with Crippen LogP contribution in [0.1, 0.15) is 24.0 Å². The van der Waals surface area contributed by atoms with Crippen molar-refractivity contribution >= 4 is 5.82 Å². The van der Waals surface area contributed by atoms with Gasteiger partial charge in [0.05, 0.1) is 5.56 Å². The molecule has 128 valence electrons. The van der Waals surface area contributed by atoms with Gasteiger partial charge in [-0.15, -0.1) is 0 Å². The number of aromatic nitrogens is 1. The van der Waals surface area contributed by atoms with Gasteiger partial charge in [-0.1, -0.05) is 30.3 Å². The number of nitrogens with zero attached hydrogens (tertiary/aromatic N) is 1. The summed E-state index contributed by atoms with van der Waals surface area (Å²) in [4.78, 5) is 3.89. The van der Waals surface area contributed by atoms with Crippen LogP contribution in [0.15, 0.2) is 48.7 Å². The topological polar surface area (TPSA) is 34.1 Å². The van der Waals surface area contributed by atoms with Crippen LogP contribution >= 0.6 is 0 Å². The summed E-state index contributed by atoms with van der Waals surface area (Å²) >= 11 is 0. The van der Waals surface area contributed by atoms with Crippen molar-refractivity contribution in [2.75, 3.05) is 25.1 Å². The van der Waals surface area contributed by atoms with E-state index in [1.54, 1.807) is 0 Å². The molecule has 0 spiro atoms. The molecule has 0 bridgehead atoms. The summed E-state index contributed by atoms with van der Waals surface area (Å²) < 4.78 is 43.3. The van der Waals surface area contributed by atoms with Crippen molar-refractivity contribution in [2.24, 2.45) is 0 Å². The molecule has 0 aliphatic carbocycles. The van der Waals surface area contributed by atoms with E-state index in [0.29, 0.717) is 25.6 Å². The summed E-state index contributed by atoms with van der Waals surface area (Å²) in [6, 6.07) is 12.6. The number of hydrogen-bond donors (Lipinski definition) is 1. The molecule has 1 aliphatic heterocycles. The number of benzene rings is 1. The summed E-state index contributed by atoms with van der Waals surface area (Å²) in [7, 11) is 0. The van der Waals surface area contributed by atoms with Gasteiger partial charge in [-0.25, -0.2) is 4.98 Å². The van der Waals surface area contributed by atoms with Crippen LogP contribution in [0, 0.1) is 0 Å².